The Labute approximate surface area is 114 Å². The Morgan fingerprint density at radius 2 is 1.74 bits per heavy atom. The summed E-state index contributed by atoms with van der Waals surface area (Å²) in [5, 5.41) is 2.63. The average molecular weight is 263 g/mol. The van der Waals surface area contributed by atoms with E-state index < -0.39 is 11.8 Å². The van der Waals surface area contributed by atoms with Crippen molar-refractivity contribution in [2.75, 3.05) is 39.1 Å². The highest BCUT2D eigenvalue weighted by atomic mass is 16.2. The Hall–Kier alpha value is -1.88. The standard InChI is InChI=1S/C14H21N3O2/c1-16(2)11-7-10-15-13(18)14(19)17(3)12-8-5-4-6-9-12/h4-6,8-9H,7,10-11H2,1-3H3,(H,15,18). The molecule has 19 heavy (non-hydrogen) atoms. The van der Waals surface area contributed by atoms with Crippen LogP contribution in [0.15, 0.2) is 30.3 Å². The number of rotatable bonds is 5. The highest BCUT2D eigenvalue weighted by molar-refractivity contribution is 6.40. The number of nitrogens with zero attached hydrogens (tertiary/aromatic N) is 2. The van der Waals surface area contributed by atoms with Crippen LogP contribution >= 0.6 is 0 Å². The molecule has 0 aliphatic carbocycles. The van der Waals surface area contributed by atoms with Crippen molar-refractivity contribution in [3.05, 3.63) is 30.3 Å². The van der Waals surface area contributed by atoms with Crippen LogP contribution < -0.4 is 10.2 Å². The SMILES string of the molecule is CN(C)CCCNC(=O)C(=O)N(C)c1ccccc1. The third-order valence-corrected chi connectivity index (χ3v) is 2.71. The molecule has 0 aliphatic heterocycles. The van der Waals surface area contributed by atoms with Crippen molar-refractivity contribution in [1.29, 1.82) is 0 Å². The molecule has 1 rings (SSSR count). The van der Waals surface area contributed by atoms with Crippen LogP contribution in [0.3, 0.4) is 0 Å². The van der Waals surface area contributed by atoms with Crippen LogP contribution in [-0.4, -0.2) is 50.9 Å². The van der Waals surface area contributed by atoms with Crippen LogP contribution in [0.25, 0.3) is 0 Å². The number of carbonyl (C=O) groups is 2. The van der Waals surface area contributed by atoms with Crippen LogP contribution in [0.4, 0.5) is 5.69 Å². The first-order chi connectivity index (χ1) is 9.02. The molecule has 0 spiro atoms. The van der Waals surface area contributed by atoms with Crippen LogP contribution in [0.1, 0.15) is 6.42 Å². The second-order valence-electron chi connectivity index (χ2n) is 4.61. The van der Waals surface area contributed by atoms with Gasteiger partial charge in [0.2, 0.25) is 0 Å². The molecule has 0 saturated carbocycles. The van der Waals surface area contributed by atoms with Gasteiger partial charge in [-0.15, -0.1) is 0 Å². The summed E-state index contributed by atoms with van der Waals surface area (Å²) in [6.45, 7) is 1.38. The lowest BCUT2D eigenvalue weighted by molar-refractivity contribution is -0.137. The van der Waals surface area contributed by atoms with Gasteiger partial charge in [-0.05, 0) is 39.2 Å². The third-order valence-electron chi connectivity index (χ3n) is 2.71. The Morgan fingerprint density at radius 3 is 2.32 bits per heavy atom. The molecule has 0 aromatic heterocycles. The van der Waals surface area contributed by atoms with Crippen molar-refractivity contribution in [2.24, 2.45) is 0 Å². The zero-order valence-corrected chi connectivity index (χ0v) is 11.7. The minimum absolute atomic E-state index is 0.505. The van der Waals surface area contributed by atoms with Crippen LogP contribution in [0.5, 0.6) is 0 Å². The van der Waals surface area contributed by atoms with E-state index in [0.717, 1.165) is 13.0 Å². The quantitative estimate of drug-likeness (QED) is 0.629. The van der Waals surface area contributed by atoms with E-state index in [-0.39, 0.29) is 0 Å². The van der Waals surface area contributed by atoms with Crippen LogP contribution in [0, 0.1) is 0 Å². The van der Waals surface area contributed by atoms with Gasteiger partial charge < -0.3 is 15.1 Å². The summed E-state index contributed by atoms with van der Waals surface area (Å²) >= 11 is 0. The van der Waals surface area contributed by atoms with Gasteiger partial charge >= 0.3 is 11.8 Å². The average Bonchev–Trinajstić information content (AvgIpc) is 2.42. The summed E-state index contributed by atoms with van der Waals surface area (Å²) in [6, 6.07) is 9.10. The first kappa shape index (κ1) is 15.2. The van der Waals surface area contributed by atoms with Gasteiger partial charge in [-0.2, -0.15) is 0 Å². The predicted octanol–water partition coefficient (Wildman–Crippen LogP) is 0.717. The summed E-state index contributed by atoms with van der Waals surface area (Å²) in [7, 11) is 5.53. The number of hydrogen-bond acceptors (Lipinski definition) is 3. The van der Waals surface area contributed by atoms with Crippen molar-refractivity contribution < 1.29 is 9.59 Å². The summed E-state index contributed by atoms with van der Waals surface area (Å²) in [4.78, 5) is 26.9. The van der Waals surface area contributed by atoms with E-state index in [1.807, 2.05) is 37.2 Å². The van der Waals surface area contributed by atoms with E-state index >= 15 is 0 Å². The number of amides is 2. The molecule has 104 valence electrons. The monoisotopic (exact) mass is 263 g/mol. The number of anilines is 1. The highest BCUT2D eigenvalue weighted by Crippen LogP contribution is 2.10. The smallest absolute Gasteiger partial charge is 0.316 e. The zero-order chi connectivity index (χ0) is 14.3. The summed E-state index contributed by atoms with van der Waals surface area (Å²) in [6.07, 6.45) is 0.821. The van der Waals surface area contributed by atoms with Gasteiger partial charge in [-0.3, -0.25) is 9.59 Å². The van der Waals surface area contributed by atoms with E-state index in [4.69, 9.17) is 0 Å². The maximum absolute atomic E-state index is 11.9. The molecule has 0 heterocycles. The second kappa shape index (κ2) is 7.53. The first-order valence-electron chi connectivity index (χ1n) is 6.28. The van der Waals surface area contributed by atoms with Gasteiger partial charge in [-0.1, -0.05) is 18.2 Å². The van der Waals surface area contributed by atoms with Gasteiger partial charge in [-0.25, -0.2) is 0 Å². The number of benzene rings is 1. The van der Waals surface area contributed by atoms with Crippen molar-refractivity contribution in [3.8, 4) is 0 Å². The summed E-state index contributed by atoms with van der Waals surface area (Å²) < 4.78 is 0. The van der Waals surface area contributed by atoms with E-state index in [1.54, 1.807) is 19.2 Å². The number of nitrogens with one attached hydrogen (secondary N) is 1. The molecule has 1 aromatic carbocycles. The van der Waals surface area contributed by atoms with E-state index in [1.165, 1.54) is 4.90 Å². The maximum atomic E-state index is 11.9. The molecule has 0 saturated heterocycles. The fourth-order valence-electron chi connectivity index (χ4n) is 1.59. The lowest BCUT2D eigenvalue weighted by Gasteiger charge is -2.16. The lowest BCUT2D eigenvalue weighted by atomic mass is 10.3. The second-order valence-corrected chi connectivity index (χ2v) is 4.61. The molecule has 0 unspecified atom stereocenters. The normalized spacial score (nSPS) is 10.3. The minimum atomic E-state index is -0.565. The molecule has 0 aliphatic rings. The minimum Gasteiger partial charge on any atom is -0.348 e. The number of carbonyl (C=O) groups excluding carboxylic acids is 2. The molecule has 1 N–H and O–H groups in total. The number of para-hydroxylation sites is 1. The topological polar surface area (TPSA) is 52.7 Å². The molecule has 5 heteroatoms. The Balaban J connectivity index is 2.42. The summed E-state index contributed by atoms with van der Waals surface area (Å²) in [5.41, 5.74) is 0.705. The molecule has 0 radical (unpaired) electrons. The predicted molar refractivity (Wildman–Crippen MR) is 76.0 cm³/mol. The molecule has 5 nitrogen and oxygen atoms in total. The fraction of sp³-hybridized carbons (Fsp3) is 0.429. The highest BCUT2D eigenvalue weighted by Gasteiger charge is 2.18. The van der Waals surface area contributed by atoms with Crippen molar-refractivity contribution in [2.45, 2.75) is 6.42 Å². The van der Waals surface area contributed by atoms with Crippen LogP contribution in [0.2, 0.25) is 0 Å². The van der Waals surface area contributed by atoms with E-state index in [2.05, 4.69) is 5.32 Å². The van der Waals surface area contributed by atoms with Gasteiger partial charge in [0, 0.05) is 19.3 Å². The van der Waals surface area contributed by atoms with Crippen molar-refractivity contribution in [3.63, 3.8) is 0 Å². The van der Waals surface area contributed by atoms with Crippen molar-refractivity contribution >= 4 is 17.5 Å². The zero-order valence-electron chi connectivity index (χ0n) is 11.7. The lowest BCUT2D eigenvalue weighted by Crippen LogP contribution is -2.41. The molecular weight excluding hydrogens is 242 g/mol. The molecule has 0 atom stereocenters. The third kappa shape index (κ3) is 5.09. The van der Waals surface area contributed by atoms with Gasteiger partial charge in [0.25, 0.3) is 0 Å². The molecule has 0 fully saturated rings. The molecule has 1 aromatic rings. The number of likely N-dealkylation sites (N-methyl/N-ethyl adjacent to an activating group) is 1. The summed E-state index contributed by atoms with van der Waals surface area (Å²) in [5.74, 6) is -1.11. The van der Waals surface area contributed by atoms with Gasteiger partial charge in [0.1, 0.15) is 0 Å². The largest absolute Gasteiger partial charge is 0.348 e. The maximum Gasteiger partial charge on any atom is 0.316 e. The Bertz CT molecular complexity index is 418. The molecule has 0 bridgehead atoms. The van der Waals surface area contributed by atoms with Gasteiger partial charge in [0.15, 0.2) is 0 Å². The molecular formula is C14H21N3O2. The van der Waals surface area contributed by atoms with E-state index in [0.29, 0.717) is 12.2 Å². The number of hydrogen-bond donors (Lipinski definition) is 1. The first-order valence-corrected chi connectivity index (χ1v) is 6.28. The van der Waals surface area contributed by atoms with Crippen molar-refractivity contribution in [1.82, 2.24) is 10.2 Å². The van der Waals surface area contributed by atoms with Crippen LogP contribution in [-0.2, 0) is 9.59 Å². The van der Waals surface area contributed by atoms with E-state index in [9.17, 15) is 9.59 Å². The fourth-order valence-corrected chi connectivity index (χ4v) is 1.59. The Kier molecular flexibility index (Phi) is 6.02. The Morgan fingerprint density at radius 1 is 1.11 bits per heavy atom. The molecule has 2 amide bonds. The van der Waals surface area contributed by atoms with Gasteiger partial charge in [0.05, 0.1) is 0 Å².